The zero-order valence-corrected chi connectivity index (χ0v) is 12.6. The van der Waals surface area contributed by atoms with Crippen molar-refractivity contribution >= 4 is 17.7 Å². The highest BCUT2D eigenvalue weighted by Crippen LogP contribution is 2.12. The van der Waals surface area contributed by atoms with Gasteiger partial charge in [-0.2, -0.15) is 0 Å². The lowest BCUT2D eigenvalue weighted by Crippen LogP contribution is -2.23. The summed E-state index contributed by atoms with van der Waals surface area (Å²) in [5.74, 6) is -0.0711. The van der Waals surface area contributed by atoms with Crippen LogP contribution in [0.15, 0.2) is 30.3 Å². The summed E-state index contributed by atoms with van der Waals surface area (Å²) in [4.78, 5) is 13.6. The van der Waals surface area contributed by atoms with Gasteiger partial charge in [0, 0.05) is 45.6 Å². The maximum Gasteiger partial charge on any atom is 0.244 e. The van der Waals surface area contributed by atoms with Crippen LogP contribution in [0.25, 0.3) is 6.08 Å². The van der Waals surface area contributed by atoms with E-state index < -0.39 is 0 Å². The first-order valence-electron chi connectivity index (χ1n) is 6.94. The molecule has 0 saturated heterocycles. The van der Waals surface area contributed by atoms with E-state index in [9.17, 15) is 4.79 Å². The fourth-order valence-electron chi connectivity index (χ4n) is 1.64. The first-order chi connectivity index (χ1) is 9.63. The summed E-state index contributed by atoms with van der Waals surface area (Å²) in [6.45, 7) is 4.01. The third-order valence-corrected chi connectivity index (χ3v) is 2.81. The number of nitrogens with one attached hydrogen (secondary N) is 1. The van der Waals surface area contributed by atoms with E-state index in [4.69, 9.17) is 4.74 Å². The number of rotatable bonds is 8. The first kappa shape index (κ1) is 16.2. The molecular weight excluding hydrogens is 252 g/mol. The van der Waals surface area contributed by atoms with Crippen molar-refractivity contribution in [3.05, 3.63) is 35.9 Å². The largest absolute Gasteiger partial charge is 0.382 e. The van der Waals surface area contributed by atoms with Gasteiger partial charge in [-0.15, -0.1) is 0 Å². The molecule has 110 valence electrons. The molecule has 0 aliphatic heterocycles. The van der Waals surface area contributed by atoms with Crippen LogP contribution in [0.2, 0.25) is 0 Å². The number of hydrogen-bond acceptors (Lipinski definition) is 3. The van der Waals surface area contributed by atoms with Gasteiger partial charge in [0.25, 0.3) is 0 Å². The zero-order chi connectivity index (χ0) is 14.8. The Labute approximate surface area is 121 Å². The molecule has 0 aliphatic rings. The number of carbonyl (C=O) groups excluding carboxylic acids is 1. The lowest BCUT2D eigenvalue weighted by atomic mass is 10.2. The molecule has 0 heterocycles. The molecule has 4 nitrogen and oxygen atoms in total. The SMILES string of the molecule is CCOCCCNC(=O)/C=C/c1ccc(N(C)C)cc1. The summed E-state index contributed by atoms with van der Waals surface area (Å²) in [7, 11) is 4.00. The summed E-state index contributed by atoms with van der Waals surface area (Å²) >= 11 is 0. The van der Waals surface area contributed by atoms with Gasteiger partial charge in [0.15, 0.2) is 0 Å². The second-order valence-electron chi connectivity index (χ2n) is 4.66. The molecule has 1 aromatic rings. The van der Waals surface area contributed by atoms with E-state index >= 15 is 0 Å². The second-order valence-corrected chi connectivity index (χ2v) is 4.66. The minimum absolute atomic E-state index is 0.0711. The van der Waals surface area contributed by atoms with Crippen LogP contribution in [0.1, 0.15) is 18.9 Å². The van der Waals surface area contributed by atoms with Crippen LogP contribution in [-0.2, 0) is 9.53 Å². The molecule has 0 aliphatic carbocycles. The van der Waals surface area contributed by atoms with Crippen LogP contribution in [0, 0.1) is 0 Å². The molecule has 0 unspecified atom stereocenters. The first-order valence-corrected chi connectivity index (χ1v) is 6.94. The van der Waals surface area contributed by atoms with Crippen molar-refractivity contribution in [2.75, 3.05) is 38.8 Å². The highest BCUT2D eigenvalue weighted by Gasteiger charge is 1.96. The molecule has 1 N–H and O–H groups in total. The summed E-state index contributed by atoms with van der Waals surface area (Å²) in [6, 6.07) is 8.04. The molecule has 20 heavy (non-hydrogen) atoms. The normalized spacial score (nSPS) is 10.8. The number of nitrogens with zero attached hydrogens (tertiary/aromatic N) is 1. The van der Waals surface area contributed by atoms with Gasteiger partial charge in [0.2, 0.25) is 5.91 Å². The van der Waals surface area contributed by atoms with Crippen LogP contribution < -0.4 is 10.2 Å². The minimum atomic E-state index is -0.0711. The Morgan fingerprint density at radius 1 is 1.30 bits per heavy atom. The van der Waals surface area contributed by atoms with Crippen LogP contribution in [0.3, 0.4) is 0 Å². The quantitative estimate of drug-likeness (QED) is 0.585. The van der Waals surface area contributed by atoms with E-state index in [1.807, 2.05) is 56.3 Å². The van der Waals surface area contributed by atoms with Crippen LogP contribution >= 0.6 is 0 Å². The third-order valence-electron chi connectivity index (χ3n) is 2.81. The molecule has 0 radical (unpaired) electrons. The molecule has 0 saturated carbocycles. The molecule has 0 fully saturated rings. The molecule has 0 bridgehead atoms. The summed E-state index contributed by atoms with van der Waals surface area (Å²) in [5.41, 5.74) is 2.16. The maximum absolute atomic E-state index is 11.6. The third kappa shape index (κ3) is 6.38. The van der Waals surface area contributed by atoms with E-state index in [1.54, 1.807) is 6.08 Å². The molecule has 0 aromatic heterocycles. The van der Waals surface area contributed by atoms with Crippen LogP contribution in [0.4, 0.5) is 5.69 Å². The molecule has 0 spiro atoms. The molecule has 1 amide bonds. The number of benzene rings is 1. The van der Waals surface area contributed by atoms with E-state index in [1.165, 1.54) is 0 Å². The highest BCUT2D eigenvalue weighted by molar-refractivity contribution is 5.91. The minimum Gasteiger partial charge on any atom is -0.382 e. The fraction of sp³-hybridized carbons (Fsp3) is 0.438. The predicted molar refractivity (Wildman–Crippen MR) is 83.9 cm³/mol. The van der Waals surface area contributed by atoms with E-state index in [0.29, 0.717) is 13.2 Å². The Morgan fingerprint density at radius 3 is 2.60 bits per heavy atom. The van der Waals surface area contributed by atoms with E-state index in [-0.39, 0.29) is 5.91 Å². The Kier molecular flexibility index (Phi) is 7.43. The average molecular weight is 276 g/mol. The Morgan fingerprint density at radius 2 is 2.00 bits per heavy atom. The molecular formula is C16H24N2O2. The number of hydrogen-bond donors (Lipinski definition) is 1. The number of amides is 1. The number of anilines is 1. The van der Waals surface area contributed by atoms with Crippen molar-refractivity contribution in [1.29, 1.82) is 0 Å². The number of carbonyl (C=O) groups is 1. The monoisotopic (exact) mass is 276 g/mol. The standard InChI is InChI=1S/C16H24N2O2/c1-4-20-13-5-12-17-16(19)11-8-14-6-9-15(10-7-14)18(2)3/h6-11H,4-5,12-13H2,1-3H3,(H,17,19)/b11-8+. The molecule has 1 rings (SSSR count). The van der Waals surface area contributed by atoms with Crippen LogP contribution in [0.5, 0.6) is 0 Å². The van der Waals surface area contributed by atoms with E-state index in [2.05, 4.69) is 5.32 Å². The van der Waals surface area contributed by atoms with Gasteiger partial charge in [0.05, 0.1) is 0 Å². The Bertz CT molecular complexity index is 425. The summed E-state index contributed by atoms with van der Waals surface area (Å²) < 4.78 is 5.20. The summed E-state index contributed by atoms with van der Waals surface area (Å²) in [5, 5.41) is 2.83. The maximum atomic E-state index is 11.6. The van der Waals surface area contributed by atoms with Gasteiger partial charge in [-0.3, -0.25) is 4.79 Å². The van der Waals surface area contributed by atoms with Gasteiger partial charge in [0.1, 0.15) is 0 Å². The van der Waals surface area contributed by atoms with Gasteiger partial charge in [-0.05, 0) is 37.1 Å². The summed E-state index contributed by atoms with van der Waals surface area (Å²) in [6.07, 6.45) is 4.22. The van der Waals surface area contributed by atoms with Crippen molar-refractivity contribution in [2.45, 2.75) is 13.3 Å². The van der Waals surface area contributed by atoms with Crippen molar-refractivity contribution in [3.8, 4) is 0 Å². The smallest absolute Gasteiger partial charge is 0.244 e. The van der Waals surface area contributed by atoms with Gasteiger partial charge in [-0.25, -0.2) is 0 Å². The average Bonchev–Trinajstić information content (AvgIpc) is 2.45. The van der Waals surface area contributed by atoms with Crippen molar-refractivity contribution < 1.29 is 9.53 Å². The molecule has 0 atom stereocenters. The van der Waals surface area contributed by atoms with E-state index in [0.717, 1.165) is 24.3 Å². The lowest BCUT2D eigenvalue weighted by molar-refractivity contribution is -0.116. The van der Waals surface area contributed by atoms with Gasteiger partial charge >= 0.3 is 0 Å². The van der Waals surface area contributed by atoms with Gasteiger partial charge in [-0.1, -0.05) is 12.1 Å². The highest BCUT2D eigenvalue weighted by atomic mass is 16.5. The van der Waals surface area contributed by atoms with Crippen LogP contribution in [-0.4, -0.2) is 39.8 Å². The topological polar surface area (TPSA) is 41.6 Å². The van der Waals surface area contributed by atoms with Crippen molar-refractivity contribution in [3.63, 3.8) is 0 Å². The Hall–Kier alpha value is -1.81. The number of ether oxygens (including phenoxy) is 1. The second kappa shape index (κ2) is 9.15. The fourth-order valence-corrected chi connectivity index (χ4v) is 1.64. The molecule has 4 heteroatoms. The van der Waals surface area contributed by atoms with Gasteiger partial charge < -0.3 is 15.0 Å². The van der Waals surface area contributed by atoms with Crippen molar-refractivity contribution in [1.82, 2.24) is 5.32 Å². The zero-order valence-electron chi connectivity index (χ0n) is 12.6. The lowest BCUT2D eigenvalue weighted by Gasteiger charge is -2.11. The predicted octanol–water partition coefficient (Wildman–Crippen LogP) is 2.31. The Balaban J connectivity index is 2.33. The molecule has 1 aromatic carbocycles. The van der Waals surface area contributed by atoms with Crippen molar-refractivity contribution in [2.24, 2.45) is 0 Å².